The van der Waals surface area contributed by atoms with E-state index in [1.54, 1.807) is 24.7 Å². The van der Waals surface area contributed by atoms with Gasteiger partial charge in [-0.1, -0.05) is 0 Å². The van der Waals surface area contributed by atoms with Crippen LogP contribution in [-0.2, 0) is 20.1 Å². The SMILES string of the molecule is CC(C)(C)n1cnnc1C(C)(C)S(C)(=O)=O. The number of hydrogen-bond donors (Lipinski definition) is 0. The van der Waals surface area contributed by atoms with Crippen LogP contribution in [-0.4, -0.2) is 29.4 Å². The molecule has 0 radical (unpaired) electrons. The highest BCUT2D eigenvalue weighted by atomic mass is 32.2. The Bertz CT molecular complexity index is 480. The van der Waals surface area contributed by atoms with Gasteiger partial charge in [0, 0.05) is 11.8 Å². The van der Waals surface area contributed by atoms with E-state index in [1.165, 1.54) is 6.26 Å². The van der Waals surface area contributed by atoms with Crippen LogP contribution in [0.1, 0.15) is 40.4 Å². The number of hydrogen-bond acceptors (Lipinski definition) is 4. The molecule has 0 saturated carbocycles. The van der Waals surface area contributed by atoms with Gasteiger partial charge in [-0.15, -0.1) is 10.2 Å². The van der Waals surface area contributed by atoms with E-state index in [1.807, 2.05) is 20.8 Å². The highest BCUT2D eigenvalue weighted by molar-refractivity contribution is 7.91. The second-order valence-corrected chi connectivity index (χ2v) is 8.04. The van der Waals surface area contributed by atoms with Crippen LogP contribution in [0.4, 0.5) is 0 Å². The summed E-state index contributed by atoms with van der Waals surface area (Å²) in [6.07, 6.45) is 2.79. The summed E-state index contributed by atoms with van der Waals surface area (Å²) in [4.78, 5) is 0. The molecular weight excluding hydrogens is 226 g/mol. The molecule has 1 aromatic heterocycles. The van der Waals surface area contributed by atoms with Gasteiger partial charge in [0.15, 0.2) is 15.7 Å². The zero-order chi connectivity index (χ0) is 12.8. The molecule has 0 aromatic carbocycles. The third-order valence-corrected chi connectivity index (χ3v) is 4.77. The Morgan fingerprint density at radius 2 is 1.69 bits per heavy atom. The number of sulfone groups is 1. The molecule has 1 aromatic rings. The molecule has 0 amide bonds. The molecule has 92 valence electrons. The standard InChI is InChI=1S/C10H19N3O2S/c1-9(2,3)13-7-11-12-8(13)10(4,5)16(6,14)15/h7H,1-6H3. The first kappa shape index (κ1) is 13.2. The van der Waals surface area contributed by atoms with Crippen LogP contribution in [0.5, 0.6) is 0 Å². The monoisotopic (exact) mass is 245 g/mol. The fourth-order valence-electron chi connectivity index (χ4n) is 1.30. The van der Waals surface area contributed by atoms with Crippen molar-refractivity contribution in [3.63, 3.8) is 0 Å². The maximum Gasteiger partial charge on any atom is 0.159 e. The van der Waals surface area contributed by atoms with Crippen molar-refractivity contribution in [3.05, 3.63) is 12.2 Å². The summed E-state index contributed by atoms with van der Waals surface area (Å²) < 4.78 is 24.3. The van der Waals surface area contributed by atoms with Gasteiger partial charge < -0.3 is 4.57 Å². The summed E-state index contributed by atoms with van der Waals surface area (Å²) in [5.74, 6) is 0.475. The van der Waals surface area contributed by atoms with Gasteiger partial charge in [-0.2, -0.15) is 0 Å². The summed E-state index contributed by atoms with van der Waals surface area (Å²) in [6.45, 7) is 9.25. The van der Waals surface area contributed by atoms with E-state index in [2.05, 4.69) is 10.2 Å². The quantitative estimate of drug-likeness (QED) is 0.788. The molecule has 6 heteroatoms. The molecule has 0 aliphatic rings. The second kappa shape index (κ2) is 3.55. The molecule has 1 rings (SSSR count). The van der Waals surface area contributed by atoms with Crippen LogP contribution in [0.15, 0.2) is 6.33 Å². The van der Waals surface area contributed by atoms with E-state index in [4.69, 9.17) is 0 Å². The Morgan fingerprint density at radius 3 is 2.06 bits per heavy atom. The fourth-order valence-corrected chi connectivity index (χ4v) is 1.77. The molecule has 0 atom stereocenters. The summed E-state index contributed by atoms with van der Waals surface area (Å²) in [5.41, 5.74) is -0.235. The van der Waals surface area contributed by atoms with Gasteiger partial charge in [0.05, 0.1) is 0 Å². The summed E-state index contributed by atoms with van der Waals surface area (Å²) in [6, 6.07) is 0. The number of nitrogens with zero attached hydrogens (tertiary/aromatic N) is 3. The average molecular weight is 245 g/mol. The first-order chi connectivity index (χ1) is 6.98. The Hall–Kier alpha value is -0.910. The lowest BCUT2D eigenvalue weighted by atomic mass is 10.1. The van der Waals surface area contributed by atoms with Crippen molar-refractivity contribution in [2.75, 3.05) is 6.26 Å². The van der Waals surface area contributed by atoms with E-state index in [9.17, 15) is 8.42 Å². The fraction of sp³-hybridized carbons (Fsp3) is 0.800. The van der Waals surface area contributed by atoms with E-state index < -0.39 is 14.6 Å². The van der Waals surface area contributed by atoms with Gasteiger partial charge in [-0.25, -0.2) is 8.42 Å². The summed E-state index contributed by atoms with van der Waals surface area (Å²) >= 11 is 0. The first-order valence-electron chi connectivity index (χ1n) is 5.08. The van der Waals surface area contributed by atoms with Gasteiger partial charge in [-0.05, 0) is 34.6 Å². The van der Waals surface area contributed by atoms with Crippen molar-refractivity contribution in [2.24, 2.45) is 0 Å². The lowest BCUT2D eigenvalue weighted by molar-refractivity contribution is 0.368. The van der Waals surface area contributed by atoms with Gasteiger partial charge in [0.2, 0.25) is 0 Å². The zero-order valence-corrected chi connectivity index (χ0v) is 11.5. The van der Waals surface area contributed by atoms with Crippen molar-refractivity contribution < 1.29 is 8.42 Å². The minimum absolute atomic E-state index is 0.235. The Morgan fingerprint density at radius 1 is 1.19 bits per heavy atom. The van der Waals surface area contributed by atoms with Crippen LogP contribution in [0.2, 0.25) is 0 Å². The predicted octanol–water partition coefficient (Wildman–Crippen LogP) is 1.31. The van der Waals surface area contributed by atoms with Crippen LogP contribution in [0.3, 0.4) is 0 Å². The van der Waals surface area contributed by atoms with Crippen LogP contribution >= 0.6 is 0 Å². The lowest BCUT2D eigenvalue weighted by Crippen LogP contribution is -2.35. The smallest absolute Gasteiger partial charge is 0.159 e. The maximum absolute atomic E-state index is 11.7. The van der Waals surface area contributed by atoms with Crippen molar-refractivity contribution in [1.82, 2.24) is 14.8 Å². The van der Waals surface area contributed by atoms with Crippen molar-refractivity contribution in [1.29, 1.82) is 0 Å². The van der Waals surface area contributed by atoms with Crippen molar-refractivity contribution in [2.45, 2.75) is 44.9 Å². The molecule has 0 aliphatic heterocycles. The molecule has 1 heterocycles. The second-order valence-electron chi connectivity index (χ2n) is 5.48. The van der Waals surface area contributed by atoms with E-state index >= 15 is 0 Å². The maximum atomic E-state index is 11.7. The molecule has 0 fully saturated rings. The van der Waals surface area contributed by atoms with Crippen LogP contribution in [0, 0.1) is 0 Å². The molecule has 0 N–H and O–H groups in total. The van der Waals surface area contributed by atoms with E-state index in [0.29, 0.717) is 5.82 Å². The zero-order valence-electron chi connectivity index (χ0n) is 10.6. The molecule has 0 bridgehead atoms. The minimum Gasteiger partial charge on any atom is -0.311 e. The third-order valence-electron chi connectivity index (χ3n) is 2.74. The Kier molecular flexibility index (Phi) is 2.92. The third kappa shape index (κ3) is 2.11. The minimum atomic E-state index is -3.23. The predicted molar refractivity (Wildman–Crippen MR) is 62.9 cm³/mol. The Labute approximate surface area is 96.8 Å². The molecule has 16 heavy (non-hydrogen) atoms. The first-order valence-corrected chi connectivity index (χ1v) is 6.97. The molecule has 0 saturated heterocycles. The van der Waals surface area contributed by atoms with Crippen molar-refractivity contribution >= 4 is 9.84 Å². The number of rotatable bonds is 2. The molecule has 0 unspecified atom stereocenters. The van der Waals surface area contributed by atoms with Crippen LogP contribution < -0.4 is 0 Å². The van der Waals surface area contributed by atoms with Gasteiger partial charge in [0.1, 0.15) is 11.1 Å². The average Bonchev–Trinajstić information content (AvgIpc) is 2.47. The molecular formula is C10H19N3O2S. The van der Waals surface area contributed by atoms with Crippen LogP contribution in [0.25, 0.3) is 0 Å². The Balaban J connectivity index is 3.42. The van der Waals surface area contributed by atoms with Gasteiger partial charge >= 0.3 is 0 Å². The summed E-state index contributed by atoms with van der Waals surface area (Å²) in [7, 11) is -3.23. The molecule has 5 nitrogen and oxygen atoms in total. The highest BCUT2D eigenvalue weighted by Crippen LogP contribution is 2.30. The van der Waals surface area contributed by atoms with Crippen molar-refractivity contribution in [3.8, 4) is 0 Å². The topological polar surface area (TPSA) is 64.8 Å². The molecule has 0 spiro atoms. The summed E-state index contributed by atoms with van der Waals surface area (Å²) in [5, 5.41) is 7.77. The highest BCUT2D eigenvalue weighted by Gasteiger charge is 2.38. The molecule has 0 aliphatic carbocycles. The van der Waals surface area contributed by atoms with Gasteiger partial charge in [-0.3, -0.25) is 0 Å². The normalized spacial score (nSPS) is 14.1. The lowest BCUT2D eigenvalue weighted by Gasteiger charge is -2.28. The van der Waals surface area contributed by atoms with E-state index in [-0.39, 0.29) is 5.54 Å². The van der Waals surface area contributed by atoms with Gasteiger partial charge in [0.25, 0.3) is 0 Å². The largest absolute Gasteiger partial charge is 0.311 e. The van der Waals surface area contributed by atoms with E-state index in [0.717, 1.165) is 0 Å². The number of aromatic nitrogens is 3.